The predicted octanol–water partition coefficient (Wildman–Crippen LogP) is 6.57. The lowest BCUT2D eigenvalue weighted by molar-refractivity contribution is 0.303. The number of aryl methyl sites for hydroxylation is 1. The van der Waals surface area contributed by atoms with E-state index in [4.69, 9.17) is 23.9 Å². The molecule has 0 spiro atoms. The molecule has 0 amide bonds. The molecule has 4 heterocycles. The van der Waals surface area contributed by atoms with Crippen molar-refractivity contribution in [3.05, 3.63) is 89.7 Å². The number of aromatic nitrogens is 3. The summed E-state index contributed by atoms with van der Waals surface area (Å²) in [5.41, 5.74) is 5.40. The van der Waals surface area contributed by atoms with Crippen molar-refractivity contribution in [3.63, 3.8) is 0 Å². The molecular formula is C27H20N3O3S. The Morgan fingerprint density at radius 3 is 2.79 bits per heavy atom. The Bertz CT molecular complexity index is 1610. The molecule has 0 saturated heterocycles. The minimum absolute atomic E-state index is 0.339. The van der Waals surface area contributed by atoms with Crippen LogP contribution in [0.3, 0.4) is 0 Å². The van der Waals surface area contributed by atoms with Gasteiger partial charge in [-0.05, 0) is 30.7 Å². The van der Waals surface area contributed by atoms with E-state index in [1.165, 1.54) is 0 Å². The van der Waals surface area contributed by atoms with Crippen molar-refractivity contribution < 1.29 is 13.9 Å². The normalized spacial score (nSPS) is 11.4. The number of hydrogen-bond donors (Lipinski definition) is 0. The summed E-state index contributed by atoms with van der Waals surface area (Å²) >= 11 is 1.59. The van der Waals surface area contributed by atoms with E-state index in [1.54, 1.807) is 18.4 Å². The standard InChI is InChI=1S/C27H20N3O3S/c1-17-8-9-26-29-22(14-30(26)13-17)25-12-21-23(10-20(31-2)11-24(21)33-25)32-15-19-16-34-27(28-19)18-6-4-3-5-7-18/h4-14,16H,15H2,1-2H3. The highest BCUT2D eigenvalue weighted by Crippen LogP contribution is 2.37. The van der Waals surface area contributed by atoms with E-state index in [9.17, 15) is 0 Å². The third-order valence-corrected chi connectivity index (χ3v) is 6.49. The lowest BCUT2D eigenvalue weighted by Gasteiger charge is -2.07. The lowest BCUT2D eigenvalue weighted by atomic mass is 10.2. The Morgan fingerprint density at radius 1 is 1.06 bits per heavy atom. The molecule has 6 nitrogen and oxygen atoms in total. The largest absolute Gasteiger partial charge is 0.496 e. The Morgan fingerprint density at radius 2 is 1.94 bits per heavy atom. The van der Waals surface area contributed by atoms with Gasteiger partial charge in [0.2, 0.25) is 0 Å². The topological polar surface area (TPSA) is 61.8 Å². The molecule has 0 aliphatic heterocycles. The summed E-state index contributed by atoms with van der Waals surface area (Å²) in [6.07, 6.45) is 4.01. The zero-order valence-electron chi connectivity index (χ0n) is 18.6. The molecule has 0 aliphatic carbocycles. The molecule has 34 heavy (non-hydrogen) atoms. The molecule has 0 saturated carbocycles. The quantitative estimate of drug-likeness (QED) is 0.278. The zero-order chi connectivity index (χ0) is 23.1. The molecule has 167 valence electrons. The number of methoxy groups -OCH3 is 1. The van der Waals surface area contributed by atoms with Crippen molar-refractivity contribution in [3.8, 4) is 33.5 Å². The van der Waals surface area contributed by atoms with Crippen LogP contribution in [0.2, 0.25) is 0 Å². The number of hydrogen-bond acceptors (Lipinski definition) is 6. The van der Waals surface area contributed by atoms with Gasteiger partial charge in [0.25, 0.3) is 0 Å². The summed E-state index contributed by atoms with van der Waals surface area (Å²) in [4.78, 5) is 9.42. The van der Waals surface area contributed by atoms with Gasteiger partial charge in [0.1, 0.15) is 40.0 Å². The SMILES string of the molecule is COc1cc(OCc2csc(-c3cc[c]cc3)n2)c2cc(-c3cn4cc(C)ccc4n3)oc2c1. The third kappa shape index (κ3) is 3.80. The number of thiazole rings is 1. The van der Waals surface area contributed by atoms with Gasteiger partial charge in [0.15, 0.2) is 5.76 Å². The van der Waals surface area contributed by atoms with Gasteiger partial charge in [-0.25, -0.2) is 9.97 Å². The summed E-state index contributed by atoms with van der Waals surface area (Å²) in [6, 6.07) is 20.5. The number of nitrogens with zero attached hydrogens (tertiary/aromatic N) is 3. The zero-order valence-corrected chi connectivity index (χ0v) is 19.4. The van der Waals surface area contributed by atoms with Crippen molar-refractivity contribution >= 4 is 28.0 Å². The Balaban J connectivity index is 1.32. The average molecular weight is 467 g/mol. The van der Waals surface area contributed by atoms with Crippen LogP contribution in [0.15, 0.2) is 76.8 Å². The Hall–Kier alpha value is -4.10. The fourth-order valence-electron chi connectivity index (χ4n) is 3.85. The van der Waals surface area contributed by atoms with E-state index in [-0.39, 0.29) is 0 Å². The summed E-state index contributed by atoms with van der Waals surface area (Å²) in [6.45, 7) is 2.39. The van der Waals surface area contributed by atoms with Gasteiger partial charge >= 0.3 is 0 Å². The molecule has 1 radical (unpaired) electrons. The molecular weight excluding hydrogens is 446 g/mol. The molecule has 7 heteroatoms. The smallest absolute Gasteiger partial charge is 0.155 e. The first-order valence-corrected chi connectivity index (χ1v) is 11.7. The first-order chi connectivity index (χ1) is 16.7. The number of pyridine rings is 1. The molecule has 6 aromatic rings. The molecule has 0 bridgehead atoms. The number of rotatable bonds is 6. The van der Waals surface area contributed by atoms with Crippen molar-refractivity contribution in [2.45, 2.75) is 13.5 Å². The van der Waals surface area contributed by atoms with Crippen molar-refractivity contribution in [2.75, 3.05) is 7.11 Å². The van der Waals surface area contributed by atoms with E-state index in [0.29, 0.717) is 29.4 Å². The number of ether oxygens (including phenoxy) is 2. The fourth-order valence-corrected chi connectivity index (χ4v) is 4.67. The summed E-state index contributed by atoms with van der Waals surface area (Å²) < 4.78 is 19.8. The lowest BCUT2D eigenvalue weighted by Crippen LogP contribution is -1.96. The van der Waals surface area contributed by atoms with E-state index < -0.39 is 0 Å². The first kappa shape index (κ1) is 20.5. The number of benzene rings is 2. The van der Waals surface area contributed by atoms with Crippen LogP contribution in [0.25, 0.3) is 38.6 Å². The third-order valence-electron chi connectivity index (χ3n) is 5.55. The molecule has 6 rings (SSSR count). The molecule has 4 aromatic heterocycles. The van der Waals surface area contributed by atoms with Gasteiger partial charge in [-0.1, -0.05) is 30.3 Å². The minimum atomic E-state index is 0.339. The maximum absolute atomic E-state index is 6.19. The molecule has 0 aliphatic rings. The summed E-state index contributed by atoms with van der Waals surface area (Å²) in [7, 11) is 1.63. The van der Waals surface area contributed by atoms with Gasteiger partial charge in [0.05, 0.1) is 18.2 Å². The van der Waals surface area contributed by atoms with Crippen molar-refractivity contribution in [2.24, 2.45) is 0 Å². The average Bonchev–Trinajstić information content (AvgIpc) is 3.60. The van der Waals surface area contributed by atoms with Crippen molar-refractivity contribution in [1.82, 2.24) is 14.4 Å². The summed E-state index contributed by atoms with van der Waals surface area (Å²) in [5.74, 6) is 2.01. The Kier molecular flexibility index (Phi) is 5.04. The second-order valence-corrected chi connectivity index (χ2v) is 8.83. The van der Waals surface area contributed by atoms with E-state index in [0.717, 1.165) is 38.6 Å². The minimum Gasteiger partial charge on any atom is -0.496 e. The van der Waals surface area contributed by atoms with Crippen LogP contribution in [-0.4, -0.2) is 21.5 Å². The molecule has 0 unspecified atom stereocenters. The highest BCUT2D eigenvalue weighted by molar-refractivity contribution is 7.13. The van der Waals surface area contributed by atoms with E-state index in [1.807, 2.05) is 76.8 Å². The predicted molar refractivity (Wildman–Crippen MR) is 132 cm³/mol. The Labute approximate surface area is 200 Å². The molecule has 0 atom stereocenters. The van der Waals surface area contributed by atoms with Gasteiger partial charge in [-0.2, -0.15) is 0 Å². The molecule has 2 aromatic carbocycles. The second kappa shape index (κ2) is 8.35. The van der Waals surface area contributed by atoms with Crippen LogP contribution < -0.4 is 9.47 Å². The van der Waals surface area contributed by atoms with Gasteiger partial charge in [0, 0.05) is 35.5 Å². The summed E-state index contributed by atoms with van der Waals surface area (Å²) in [5, 5.41) is 3.83. The number of imidazole rings is 1. The van der Waals surface area contributed by atoms with Crippen LogP contribution in [0, 0.1) is 13.0 Å². The van der Waals surface area contributed by atoms with Crippen LogP contribution in [-0.2, 0) is 6.61 Å². The highest BCUT2D eigenvalue weighted by Gasteiger charge is 2.16. The van der Waals surface area contributed by atoms with E-state index >= 15 is 0 Å². The van der Waals surface area contributed by atoms with Gasteiger partial charge in [-0.3, -0.25) is 0 Å². The number of furan rings is 1. The monoisotopic (exact) mass is 466 g/mol. The maximum atomic E-state index is 6.19. The van der Waals surface area contributed by atoms with Crippen LogP contribution in [0.4, 0.5) is 0 Å². The van der Waals surface area contributed by atoms with Crippen LogP contribution in [0.5, 0.6) is 11.5 Å². The molecule has 0 N–H and O–H groups in total. The van der Waals surface area contributed by atoms with Gasteiger partial charge in [-0.15, -0.1) is 11.3 Å². The van der Waals surface area contributed by atoms with E-state index in [2.05, 4.69) is 13.0 Å². The maximum Gasteiger partial charge on any atom is 0.155 e. The fraction of sp³-hybridized carbons (Fsp3) is 0.111. The highest BCUT2D eigenvalue weighted by atomic mass is 32.1. The van der Waals surface area contributed by atoms with Gasteiger partial charge < -0.3 is 18.3 Å². The van der Waals surface area contributed by atoms with Crippen LogP contribution >= 0.6 is 11.3 Å². The van der Waals surface area contributed by atoms with Crippen LogP contribution in [0.1, 0.15) is 11.3 Å². The molecule has 0 fully saturated rings. The number of fused-ring (bicyclic) bond motifs is 2. The first-order valence-electron chi connectivity index (χ1n) is 10.8. The van der Waals surface area contributed by atoms with Crippen molar-refractivity contribution in [1.29, 1.82) is 0 Å². The second-order valence-electron chi connectivity index (χ2n) is 7.97.